The van der Waals surface area contributed by atoms with Crippen LogP contribution in [0.2, 0.25) is 0 Å². The number of carbonyl (C=O) groups is 1. The van der Waals surface area contributed by atoms with Crippen LogP contribution in [0.4, 0.5) is 5.69 Å². The number of hydrazone groups is 1. The maximum absolute atomic E-state index is 12.7. The lowest BCUT2D eigenvalue weighted by Crippen LogP contribution is -2.25. The number of amides is 1. The monoisotopic (exact) mass is 340 g/mol. The number of nitrogens with one attached hydrogen (secondary N) is 2. The van der Waals surface area contributed by atoms with Crippen LogP contribution in [0.3, 0.4) is 0 Å². The van der Waals surface area contributed by atoms with E-state index >= 15 is 0 Å². The van der Waals surface area contributed by atoms with Crippen molar-refractivity contribution in [2.75, 3.05) is 5.01 Å². The predicted molar refractivity (Wildman–Crippen MR) is 93.8 cm³/mol. The van der Waals surface area contributed by atoms with E-state index in [0.29, 0.717) is 11.4 Å². The van der Waals surface area contributed by atoms with Crippen LogP contribution < -0.4 is 16.3 Å². The van der Waals surface area contributed by atoms with Crippen LogP contribution in [0, 0.1) is 13.8 Å². The Hall–Kier alpha value is -3.42. The molecule has 1 aromatic carbocycles. The van der Waals surface area contributed by atoms with Crippen molar-refractivity contribution in [2.24, 2.45) is 5.10 Å². The zero-order valence-electron chi connectivity index (χ0n) is 13.9. The van der Waals surface area contributed by atoms with Crippen molar-refractivity contribution in [1.82, 2.24) is 9.97 Å². The fourth-order valence-electron chi connectivity index (χ4n) is 2.48. The van der Waals surface area contributed by atoms with E-state index < -0.39 is 23.0 Å². The van der Waals surface area contributed by atoms with Gasteiger partial charge in [-0.15, -0.1) is 0 Å². The number of rotatable bonds is 2. The van der Waals surface area contributed by atoms with Crippen molar-refractivity contribution in [3.8, 4) is 5.88 Å². The first kappa shape index (κ1) is 16.4. The third-order valence-corrected chi connectivity index (χ3v) is 4.05. The van der Waals surface area contributed by atoms with Gasteiger partial charge in [0.25, 0.3) is 11.5 Å². The largest absolute Gasteiger partial charge is 0.494 e. The molecule has 8 nitrogen and oxygen atoms in total. The lowest BCUT2D eigenvalue weighted by Gasteiger charge is -2.13. The molecule has 2 aromatic rings. The van der Waals surface area contributed by atoms with E-state index in [1.54, 1.807) is 13.0 Å². The van der Waals surface area contributed by atoms with E-state index in [0.717, 1.165) is 11.1 Å². The highest BCUT2D eigenvalue weighted by Gasteiger charge is 2.29. The molecular formula is C17H16N4O4. The standard InChI is InChI=1S/C17H16N4O4/c1-8-4-5-11(6-9(8)2)21-16(24)12(10(3)20-21)7-13-14(22)18-17(25)19-15(13)23/h4-7H,1-3H3,(H3,18,19,22,23,25)/b12-7+. The molecule has 0 radical (unpaired) electrons. The summed E-state index contributed by atoms with van der Waals surface area (Å²) in [6, 6.07) is 5.52. The van der Waals surface area contributed by atoms with Crippen molar-refractivity contribution in [3.05, 3.63) is 61.3 Å². The zero-order chi connectivity index (χ0) is 18.3. The second kappa shape index (κ2) is 5.90. The number of benzene rings is 1. The number of hydrogen-bond donors (Lipinski definition) is 3. The molecule has 2 heterocycles. The van der Waals surface area contributed by atoms with E-state index in [4.69, 9.17) is 0 Å². The molecule has 3 N–H and O–H groups in total. The maximum Gasteiger partial charge on any atom is 0.328 e. The van der Waals surface area contributed by atoms with Gasteiger partial charge >= 0.3 is 5.69 Å². The Bertz CT molecular complexity index is 1060. The van der Waals surface area contributed by atoms with Crippen LogP contribution in [0.15, 0.2) is 38.5 Å². The summed E-state index contributed by atoms with van der Waals surface area (Å²) in [5, 5.41) is 15.2. The van der Waals surface area contributed by atoms with Gasteiger partial charge in [-0.05, 0) is 50.1 Å². The Morgan fingerprint density at radius 2 is 1.80 bits per heavy atom. The highest BCUT2D eigenvalue weighted by atomic mass is 16.3. The summed E-state index contributed by atoms with van der Waals surface area (Å²) in [7, 11) is 0. The van der Waals surface area contributed by atoms with Crippen molar-refractivity contribution in [2.45, 2.75) is 20.8 Å². The second-order valence-electron chi connectivity index (χ2n) is 5.80. The molecule has 3 rings (SSSR count). The Morgan fingerprint density at radius 1 is 1.08 bits per heavy atom. The molecule has 0 saturated heterocycles. The molecule has 1 aliphatic rings. The van der Waals surface area contributed by atoms with Gasteiger partial charge in [0, 0.05) is 0 Å². The van der Waals surface area contributed by atoms with Gasteiger partial charge in [-0.2, -0.15) is 10.1 Å². The van der Waals surface area contributed by atoms with Crippen LogP contribution in [-0.4, -0.2) is 26.7 Å². The fraction of sp³-hybridized carbons (Fsp3) is 0.176. The van der Waals surface area contributed by atoms with E-state index in [-0.39, 0.29) is 11.1 Å². The Kier molecular flexibility index (Phi) is 3.88. The first-order valence-electron chi connectivity index (χ1n) is 7.52. The minimum absolute atomic E-state index is 0.158. The Morgan fingerprint density at radius 3 is 2.44 bits per heavy atom. The predicted octanol–water partition coefficient (Wildman–Crippen LogP) is 1.19. The van der Waals surface area contributed by atoms with Gasteiger partial charge in [0.15, 0.2) is 0 Å². The third kappa shape index (κ3) is 2.89. The molecule has 0 bridgehead atoms. The van der Waals surface area contributed by atoms with E-state index in [2.05, 4.69) is 10.1 Å². The molecule has 0 atom stereocenters. The lowest BCUT2D eigenvalue weighted by atomic mass is 10.1. The Labute approximate surface area is 142 Å². The van der Waals surface area contributed by atoms with Crippen molar-refractivity contribution >= 4 is 23.4 Å². The molecule has 0 aliphatic carbocycles. The molecule has 0 spiro atoms. The van der Waals surface area contributed by atoms with E-state index in [9.17, 15) is 19.5 Å². The normalized spacial score (nSPS) is 15.8. The molecule has 1 aliphatic heterocycles. The average molecular weight is 340 g/mol. The quantitative estimate of drug-likeness (QED) is 0.712. The number of aromatic nitrogens is 2. The number of H-pyrrole nitrogens is 2. The molecule has 1 aromatic heterocycles. The number of anilines is 1. The van der Waals surface area contributed by atoms with E-state index in [1.807, 2.05) is 31.0 Å². The number of hydrogen-bond acceptors (Lipinski definition) is 5. The van der Waals surface area contributed by atoms with Gasteiger partial charge in [-0.3, -0.25) is 19.6 Å². The molecule has 8 heteroatoms. The smallest absolute Gasteiger partial charge is 0.328 e. The number of aromatic hydroxyl groups is 1. The molecular weight excluding hydrogens is 324 g/mol. The Balaban J connectivity index is 2.05. The number of nitrogens with zero attached hydrogens (tertiary/aromatic N) is 2. The second-order valence-corrected chi connectivity index (χ2v) is 5.80. The summed E-state index contributed by atoms with van der Waals surface area (Å²) in [4.78, 5) is 39.7. The van der Waals surface area contributed by atoms with Crippen LogP contribution >= 0.6 is 0 Å². The van der Waals surface area contributed by atoms with Crippen molar-refractivity contribution in [3.63, 3.8) is 0 Å². The van der Waals surface area contributed by atoms with Crippen molar-refractivity contribution in [1.29, 1.82) is 0 Å². The summed E-state index contributed by atoms with van der Waals surface area (Å²) < 4.78 is 0. The summed E-state index contributed by atoms with van der Waals surface area (Å²) in [5.74, 6) is -1.03. The number of carbonyl (C=O) groups excluding carboxylic acids is 1. The molecule has 0 saturated carbocycles. The van der Waals surface area contributed by atoms with E-state index in [1.165, 1.54) is 11.1 Å². The molecule has 0 fully saturated rings. The molecule has 128 valence electrons. The van der Waals surface area contributed by atoms with Crippen LogP contribution in [0.25, 0.3) is 6.08 Å². The number of aryl methyl sites for hydroxylation is 2. The molecule has 0 unspecified atom stereocenters. The summed E-state index contributed by atoms with van der Waals surface area (Å²) in [6.45, 7) is 5.53. The first-order valence-corrected chi connectivity index (χ1v) is 7.52. The van der Waals surface area contributed by atoms with Crippen LogP contribution in [0.5, 0.6) is 5.88 Å². The van der Waals surface area contributed by atoms with Crippen LogP contribution in [-0.2, 0) is 4.79 Å². The van der Waals surface area contributed by atoms with Gasteiger partial charge in [-0.1, -0.05) is 6.07 Å². The number of aromatic amines is 2. The van der Waals surface area contributed by atoms with Crippen molar-refractivity contribution < 1.29 is 9.90 Å². The topological polar surface area (TPSA) is 119 Å². The fourth-order valence-corrected chi connectivity index (χ4v) is 2.48. The third-order valence-electron chi connectivity index (χ3n) is 4.05. The SMILES string of the molecule is CC1=NN(c2ccc(C)c(C)c2)C(=O)/C1=C/c1c(O)[nH]c(=O)[nH]c1=O. The zero-order valence-corrected chi connectivity index (χ0v) is 13.9. The average Bonchev–Trinajstić information content (AvgIpc) is 2.81. The van der Waals surface area contributed by atoms with Gasteiger partial charge in [-0.25, -0.2) is 4.79 Å². The van der Waals surface area contributed by atoms with Gasteiger partial charge in [0.1, 0.15) is 5.56 Å². The van der Waals surface area contributed by atoms with Gasteiger partial charge in [0.2, 0.25) is 5.88 Å². The first-order chi connectivity index (χ1) is 11.8. The minimum Gasteiger partial charge on any atom is -0.494 e. The summed E-state index contributed by atoms with van der Waals surface area (Å²) >= 11 is 0. The van der Waals surface area contributed by atoms with Gasteiger partial charge < -0.3 is 5.11 Å². The van der Waals surface area contributed by atoms with Gasteiger partial charge in [0.05, 0.1) is 17.0 Å². The lowest BCUT2D eigenvalue weighted by molar-refractivity contribution is -0.114. The molecule has 1 amide bonds. The molecule has 25 heavy (non-hydrogen) atoms. The summed E-state index contributed by atoms with van der Waals surface area (Å²) in [5.41, 5.74) is 1.44. The maximum atomic E-state index is 12.7. The highest BCUT2D eigenvalue weighted by Crippen LogP contribution is 2.26. The van der Waals surface area contributed by atoms with Crippen LogP contribution in [0.1, 0.15) is 23.6 Å². The highest BCUT2D eigenvalue weighted by molar-refractivity contribution is 6.32. The summed E-state index contributed by atoms with van der Waals surface area (Å²) in [6.07, 6.45) is 1.21. The minimum atomic E-state index is -0.829.